The van der Waals surface area contributed by atoms with E-state index in [0.29, 0.717) is 21.5 Å². The molecule has 94 valence electrons. The third-order valence-electron chi connectivity index (χ3n) is 3.79. The Balaban J connectivity index is 2.20. The predicted molar refractivity (Wildman–Crippen MR) is 76.1 cm³/mol. The number of hydrogen-bond donors (Lipinski definition) is 1. The smallest absolute Gasteiger partial charge is 0.0721 e. The maximum atomic E-state index is 6.19. The zero-order valence-electron chi connectivity index (χ0n) is 10.4. The van der Waals surface area contributed by atoms with Gasteiger partial charge in [0, 0.05) is 6.04 Å². The summed E-state index contributed by atoms with van der Waals surface area (Å²) in [4.78, 5) is 0. The van der Waals surface area contributed by atoms with Crippen molar-refractivity contribution in [1.82, 2.24) is 0 Å². The minimum absolute atomic E-state index is 0.306. The molecular weight excluding hydrogens is 253 g/mol. The third-order valence-corrected chi connectivity index (χ3v) is 4.42. The average molecular weight is 272 g/mol. The Kier molecular flexibility index (Phi) is 3.89. The lowest BCUT2D eigenvalue weighted by Crippen LogP contribution is -2.39. The van der Waals surface area contributed by atoms with Crippen LogP contribution in [0.5, 0.6) is 0 Å². The molecule has 0 spiro atoms. The van der Waals surface area contributed by atoms with Crippen LogP contribution in [0.15, 0.2) is 18.2 Å². The van der Waals surface area contributed by atoms with E-state index in [1.165, 1.54) is 25.7 Å². The first-order chi connectivity index (χ1) is 8.00. The van der Waals surface area contributed by atoms with Crippen molar-refractivity contribution in [3.8, 4) is 0 Å². The maximum Gasteiger partial charge on any atom is 0.0721 e. The molecule has 2 rings (SSSR count). The van der Waals surface area contributed by atoms with Crippen molar-refractivity contribution in [3.63, 3.8) is 0 Å². The van der Waals surface area contributed by atoms with Crippen LogP contribution in [0.25, 0.3) is 0 Å². The van der Waals surface area contributed by atoms with Crippen molar-refractivity contribution in [2.24, 2.45) is 5.41 Å². The van der Waals surface area contributed by atoms with Gasteiger partial charge in [0.25, 0.3) is 0 Å². The van der Waals surface area contributed by atoms with E-state index in [1.54, 1.807) is 0 Å². The van der Waals surface area contributed by atoms with Crippen LogP contribution in [0, 0.1) is 5.41 Å². The first-order valence-electron chi connectivity index (χ1n) is 6.21. The second kappa shape index (κ2) is 5.07. The number of anilines is 1. The average Bonchev–Trinajstić information content (AvgIpc) is 2.25. The minimum Gasteiger partial charge on any atom is -0.379 e. The van der Waals surface area contributed by atoms with E-state index in [1.807, 2.05) is 18.2 Å². The quantitative estimate of drug-likeness (QED) is 0.762. The number of benzene rings is 1. The molecule has 1 fully saturated rings. The molecule has 1 saturated carbocycles. The molecule has 1 aromatic carbocycles. The maximum absolute atomic E-state index is 6.19. The number of rotatable bonds is 2. The zero-order chi connectivity index (χ0) is 12.5. The highest BCUT2D eigenvalue weighted by molar-refractivity contribution is 6.39. The van der Waals surface area contributed by atoms with Crippen molar-refractivity contribution >= 4 is 28.9 Å². The van der Waals surface area contributed by atoms with E-state index in [4.69, 9.17) is 23.2 Å². The lowest BCUT2D eigenvalue weighted by Gasteiger charge is -2.40. The topological polar surface area (TPSA) is 12.0 Å². The molecule has 1 aliphatic carbocycles. The van der Waals surface area contributed by atoms with Gasteiger partial charge in [-0.15, -0.1) is 0 Å². The van der Waals surface area contributed by atoms with E-state index in [0.717, 1.165) is 5.69 Å². The Morgan fingerprint density at radius 2 is 1.82 bits per heavy atom. The van der Waals surface area contributed by atoms with Gasteiger partial charge in [0.05, 0.1) is 15.7 Å². The highest BCUT2D eigenvalue weighted by Gasteiger charge is 2.32. The first-order valence-corrected chi connectivity index (χ1v) is 6.97. The van der Waals surface area contributed by atoms with E-state index in [-0.39, 0.29) is 0 Å². The van der Waals surface area contributed by atoms with Gasteiger partial charge in [-0.05, 0) is 30.4 Å². The Labute approximate surface area is 114 Å². The predicted octanol–water partition coefficient (Wildman–Crippen LogP) is 5.37. The lowest BCUT2D eigenvalue weighted by molar-refractivity contribution is 0.217. The van der Waals surface area contributed by atoms with E-state index >= 15 is 0 Å². The Bertz CT molecular complexity index is 381. The van der Waals surface area contributed by atoms with Gasteiger partial charge in [-0.25, -0.2) is 0 Å². The first kappa shape index (κ1) is 13.0. The van der Waals surface area contributed by atoms with Gasteiger partial charge >= 0.3 is 0 Å². The fourth-order valence-corrected chi connectivity index (χ4v) is 3.08. The van der Waals surface area contributed by atoms with Crippen molar-refractivity contribution < 1.29 is 0 Å². The molecule has 0 saturated heterocycles. The summed E-state index contributed by atoms with van der Waals surface area (Å²) in [6.45, 7) is 4.63. The minimum atomic E-state index is 0.306. The largest absolute Gasteiger partial charge is 0.379 e. The van der Waals surface area contributed by atoms with Gasteiger partial charge in [-0.1, -0.05) is 56.0 Å². The summed E-state index contributed by atoms with van der Waals surface area (Å²) in [6.07, 6.45) is 5.05. The molecule has 3 heteroatoms. The summed E-state index contributed by atoms with van der Waals surface area (Å²) in [5.41, 5.74) is 1.19. The lowest BCUT2D eigenvalue weighted by atomic mass is 9.73. The standard InChI is InChI=1S/C14H19Cl2N/c1-14(2)9-4-3-8-12(14)17-13-10(15)6-5-7-11(13)16/h5-7,12,17H,3-4,8-9H2,1-2H3. The molecule has 1 N–H and O–H groups in total. The number of para-hydroxylation sites is 1. The SMILES string of the molecule is CC1(C)CCCCC1Nc1c(Cl)cccc1Cl. The zero-order valence-corrected chi connectivity index (χ0v) is 11.9. The van der Waals surface area contributed by atoms with Crippen molar-refractivity contribution in [1.29, 1.82) is 0 Å². The summed E-state index contributed by atoms with van der Waals surface area (Å²) in [5, 5.41) is 4.96. The van der Waals surface area contributed by atoms with E-state index in [2.05, 4.69) is 19.2 Å². The molecule has 0 bridgehead atoms. The van der Waals surface area contributed by atoms with Crippen LogP contribution < -0.4 is 5.32 Å². The Hall–Kier alpha value is -0.400. The second-order valence-corrected chi connectivity index (χ2v) is 6.34. The highest BCUT2D eigenvalue weighted by atomic mass is 35.5. The van der Waals surface area contributed by atoms with Gasteiger partial charge in [0.15, 0.2) is 0 Å². The Morgan fingerprint density at radius 1 is 1.18 bits per heavy atom. The summed E-state index contributed by atoms with van der Waals surface area (Å²) in [6, 6.07) is 6.09. The van der Waals surface area contributed by atoms with Crippen LogP contribution >= 0.6 is 23.2 Å². The molecule has 1 aliphatic rings. The van der Waals surface area contributed by atoms with Gasteiger partial charge in [-0.3, -0.25) is 0 Å². The van der Waals surface area contributed by atoms with Gasteiger partial charge in [0.1, 0.15) is 0 Å². The molecule has 0 amide bonds. The number of halogens is 2. The summed E-state index contributed by atoms with van der Waals surface area (Å²) < 4.78 is 0. The molecule has 17 heavy (non-hydrogen) atoms. The van der Waals surface area contributed by atoms with Crippen molar-refractivity contribution in [2.45, 2.75) is 45.6 Å². The van der Waals surface area contributed by atoms with Gasteiger partial charge in [-0.2, -0.15) is 0 Å². The molecule has 1 unspecified atom stereocenters. The number of nitrogens with one attached hydrogen (secondary N) is 1. The fraction of sp³-hybridized carbons (Fsp3) is 0.571. The second-order valence-electron chi connectivity index (χ2n) is 5.53. The third kappa shape index (κ3) is 2.89. The van der Waals surface area contributed by atoms with Crippen molar-refractivity contribution in [2.75, 3.05) is 5.32 Å². The molecule has 0 heterocycles. The molecule has 1 atom stereocenters. The Morgan fingerprint density at radius 3 is 2.41 bits per heavy atom. The van der Waals surface area contributed by atoms with E-state index in [9.17, 15) is 0 Å². The van der Waals surface area contributed by atoms with Gasteiger partial charge in [0.2, 0.25) is 0 Å². The van der Waals surface area contributed by atoms with Crippen LogP contribution in [-0.2, 0) is 0 Å². The molecule has 1 nitrogen and oxygen atoms in total. The van der Waals surface area contributed by atoms with Crippen LogP contribution in [0.4, 0.5) is 5.69 Å². The molecule has 1 aromatic rings. The summed E-state index contributed by atoms with van der Waals surface area (Å²) in [7, 11) is 0. The number of hydrogen-bond acceptors (Lipinski definition) is 1. The summed E-state index contributed by atoms with van der Waals surface area (Å²) >= 11 is 12.4. The fourth-order valence-electron chi connectivity index (χ4n) is 2.57. The van der Waals surface area contributed by atoms with Crippen LogP contribution in [0.1, 0.15) is 39.5 Å². The van der Waals surface area contributed by atoms with Crippen LogP contribution in [-0.4, -0.2) is 6.04 Å². The molecule has 0 aromatic heterocycles. The van der Waals surface area contributed by atoms with Gasteiger partial charge < -0.3 is 5.32 Å². The highest BCUT2D eigenvalue weighted by Crippen LogP contribution is 2.40. The molecule has 0 radical (unpaired) electrons. The van der Waals surface area contributed by atoms with E-state index < -0.39 is 0 Å². The monoisotopic (exact) mass is 271 g/mol. The van der Waals surface area contributed by atoms with Crippen LogP contribution in [0.3, 0.4) is 0 Å². The van der Waals surface area contributed by atoms with Crippen molar-refractivity contribution in [3.05, 3.63) is 28.2 Å². The normalized spacial score (nSPS) is 23.4. The summed E-state index contributed by atoms with van der Waals surface area (Å²) in [5.74, 6) is 0. The molecular formula is C14H19Cl2N. The van der Waals surface area contributed by atoms with Crippen LogP contribution in [0.2, 0.25) is 10.0 Å². The molecule has 0 aliphatic heterocycles.